The lowest BCUT2D eigenvalue weighted by Crippen LogP contribution is -2.43. The summed E-state index contributed by atoms with van der Waals surface area (Å²) in [6.45, 7) is 1.91. The van der Waals surface area contributed by atoms with Gasteiger partial charge in [-0.15, -0.1) is 0 Å². The zero-order valence-electron chi connectivity index (χ0n) is 15.4. The number of sulfone groups is 1. The third kappa shape index (κ3) is 3.45. The van der Waals surface area contributed by atoms with Crippen LogP contribution in [0.5, 0.6) is 5.75 Å². The second-order valence-corrected chi connectivity index (χ2v) is 9.19. The van der Waals surface area contributed by atoms with Crippen molar-refractivity contribution in [3.05, 3.63) is 101 Å². The highest BCUT2D eigenvalue weighted by atomic mass is 32.2. The summed E-state index contributed by atoms with van der Waals surface area (Å²) in [5, 5.41) is -1.29. The van der Waals surface area contributed by atoms with Crippen LogP contribution in [-0.4, -0.2) is 19.6 Å². The van der Waals surface area contributed by atoms with Crippen LogP contribution in [0.15, 0.2) is 78.9 Å². The van der Waals surface area contributed by atoms with E-state index in [9.17, 15) is 13.2 Å². The first-order valence-corrected chi connectivity index (χ1v) is 10.8. The average molecular weight is 392 g/mol. The van der Waals surface area contributed by atoms with E-state index in [-0.39, 0.29) is 5.75 Å². The minimum absolute atomic E-state index is 0.210. The zero-order valence-corrected chi connectivity index (χ0v) is 16.2. The third-order valence-electron chi connectivity index (χ3n) is 5.01. The number of carbonyl (C=O) groups excluding carboxylic acids is 1. The Kier molecular flexibility index (Phi) is 4.77. The quantitative estimate of drug-likeness (QED) is 0.497. The molecule has 0 N–H and O–H groups in total. The molecule has 28 heavy (non-hydrogen) atoms. The Labute approximate surface area is 164 Å². The molecule has 3 aromatic carbocycles. The van der Waals surface area contributed by atoms with Crippen molar-refractivity contribution in [2.45, 2.75) is 23.8 Å². The Morgan fingerprint density at radius 3 is 2.21 bits per heavy atom. The van der Waals surface area contributed by atoms with E-state index in [4.69, 9.17) is 4.74 Å². The van der Waals surface area contributed by atoms with Gasteiger partial charge >= 0.3 is 5.97 Å². The first-order chi connectivity index (χ1) is 13.5. The molecule has 1 aliphatic heterocycles. The molecule has 0 saturated carbocycles. The second-order valence-electron chi connectivity index (χ2n) is 7.06. The lowest BCUT2D eigenvalue weighted by molar-refractivity contribution is -0.135. The average Bonchev–Trinajstić information content (AvgIpc) is 2.67. The second kappa shape index (κ2) is 7.24. The van der Waals surface area contributed by atoms with E-state index >= 15 is 0 Å². The Balaban J connectivity index is 1.84. The summed E-state index contributed by atoms with van der Waals surface area (Å²) in [5.41, 5.74) is 3.10. The molecule has 0 bridgehead atoms. The topological polar surface area (TPSA) is 60.4 Å². The highest BCUT2D eigenvalue weighted by Gasteiger charge is 2.46. The number of ether oxygens (including phenoxy) is 1. The molecule has 0 aromatic heterocycles. The molecular formula is C23H20O4S. The van der Waals surface area contributed by atoms with Crippen molar-refractivity contribution in [1.82, 2.24) is 0 Å². The molecule has 4 nitrogen and oxygen atoms in total. The highest BCUT2D eigenvalue weighted by molar-refractivity contribution is 7.92. The van der Waals surface area contributed by atoms with Gasteiger partial charge in [-0.05, 0) is 29.7 Å². The van der Waals surface area contributed by atoms with Gasteiger partial charge in [0.15, 0.2) is 15.1 Å². The maximum Gasteiger partial charge on any atom is 0.330 e. The number of hydrogen-bond acceptors (Lipinski definition) is 4. The van der Waals surface area contributed by atoms with Gasteiger partial charge in [-0.3, -0.25) is 4.79 Å². The van der Waals surface area contributed by atoms with Crippen LogP contribution in [0.3, 0.4) is 0 Å². The first-order valence-electron chi connectivity index (χ1n) is 9.08. The smallest absolute Gasteiger partial charge is 0.330 e. The van der Waals surface area contributed by atoms with Crippen molar-refractivity contribution >= 4 is 15.8 Å². The molecule has 0 spiro atoms. The molecule has 3 aromatic rings. The number of esters is 1. The van der Waals surface area contributed by atoms with Gasteiger partial charge in [-0.2, -0.15) is 0 Å². The van der Waals surface area contributed by atoms with Gasteiger partial charge in [0, 0.05) is 11.5 Å². The van der Waals surface area contributed by atoms with E-state index < -0.39 is 27.0 Å². The standard InChI is InChI=1S/C23H20O4S/c1-16-12-13-19-20(14-16)27-23(24)22(21(19)18-10-6-3-7-11-18)28(25,26)15-17-8-4-2-5-9-17/h2-14,21-22H,15H2,1H3. The molecule has 4 rings (SSSR count). The van der Waals surface area contributed by atoms with Gasteiger partial charge in [-0.1, -0.05) is 72.8 Å². The van der Waals surface area contributed by atoms with Crippen LogP contribution in [-0.2, 0) is 20.4 Å². The Hall–Kier alpha value is -2.92. The molecule has 2 unspecified atom stereocenters. The van der Waals surface area contributed by atoms with Crippen molar-refractivity contribution in [1.29, 1.82) is 0 Å². The molecule has 0 radical (unpaired) electrons. The van der Waals surface area contributed by atoms with Gasteiger partial charge in [0.2, 0.25) is 0 Å². The Morgan fingerprint density at radius 2 is 1.54 bits per heavy atom. The number of hydrogen-bond donors (Lipinski definition) is 0. The third-order valence-corrected chi connectivity index (χ3v) is 6.98. The summed E-state index contributed by atoms with van der Waals surface area (Å²) in [4.78, 5) is 12.9. The van der Waals surface area contributed by atoms with Crippen LogP contribution in [0.1, 0.15) is 28.2 Å². The molecule has 1 heterocycles. The fourth-order valence-electron chi connectivity index (χ4n) is 3.72. The summed E-state index contributed by atoms with van der Waals surface area (Å²) in [7, 11) is -3.81. The molecule has 5 heteroatoms. The summed E-state index contributed by atoms with van der Waals surface area (Å²) >= 11 is 0. The van der Waals surface area contributed by atoms with Crippen LogP contribution in [0.25, 0.3) is 0 Å². The molecule has 2 atom stereocenters. The number of aryl methyl sites for hydroxylation is 1. The van der Waals surface area contributed by atoms with E-state index in [1.807, 2.05) is 55.5 Å². The predicted octanol–water partition coefficient (Wildman–Crippen LogP) is 4.03. The fraction of sp³-hybridized carbons (Fsp3) is 0.174. The van der Waals surface area contributed by atoms with Crippen molar-refractivity contribution in [2.24, 2.45) is 0 Å². The summed E-state index contributed by atoms with van der Waals surface area (Å²) < 4.78 is 32.1. The molecule has 0 amide bonds. The molecule has 1 aliphatic rings. The van der Waals surface area contributed by atoms with Crippen LogP contribution in [0.2, 0.25) is 0 Å². The largest absolute Gasteiger partial charge is 0.425 e. The Bertz CT molecular complexity index is 1110. The lowest BCUT2D eigenvalue weighted by atomic mass is 9.85. The van der Waals surface area contributed by atoms with Gasteiger partial charge in [-0.25, -0.2) is 8.42 Å². The van der Waals surface area contributed by atoms with E-state index in [0.29, 0.717) is 11.3 Å². The van der Waals surface area contributed by atoms with E-state index in [0.717, 1.165) is 16.7 Å². The van der Waals surface area contributed by atoms with Crippen LogP contribution >= 0.6 is 0 Å². The summed E-state index contributed by atoms with van der Waals surface area (Å²) in [6, 6.07) is 23.8. The fourth-order valence-corrected chi connectivity index (χ4v) is 5.61. The molecule has 0 saturated heterocycles. The van der Waals surface area contributed by atoms with E-state index in [1.165, 1.54) is 0 Å². The minimum Gasteiger partial charge on any atom is -0.425 e. The monoisotopic (exact) mass is 392 g/mol. The minimum atomic E-state index is -3.81. The summed E-state index contributed by atoms with van der Waals surface area (Å²) in [5.74, 6) is -1.10. The van der Waals surface area contributed by atoms with Crippen LogP contribution < -0.4 is 4.74 Å². The summed E-state index contributed by atoms with van der Waals surface area (Å²) in [6.07, 6.45) is 0. The van der Waals surface area contributed by atoms with Crippen LogP contribution in [0, 0.1) is 6.92 Å². The van der Waals surface area contributed by atoms with Gasteiger partial charge < -0.3 is 4.74 Å². The normalized spacial score (nSPS) is 19.0. The first kappa shape index (κ1) is 18.4. The molecule has 142 valence electrons. The van der Waals surface area contributed by atoms with Crippen molar-refractivity contribution in [2.75, 3.05) is 0 Å². The maximum absolute atomic E-state index is 13.3. The van der Waals surface area contributed by atoms with Crippen molar-refractivity contribution in [3.63, 3.8) is 0 Å². The van der Waals surface area contributed by atoms with Gasteiger partial charge in [0.25, 0.3) is 0 Å². The van der Waals surface area contributed by atoms with Crippen molar-refractivity contribution in [3.8, 4) is 5.75 Å². The SMILES string of the molecule is Cc1ccc2c(c1)OC(=O)C(S(=O)(=O)Cc1ccccc1)C2c1ccccc1. The molecule has 0 aliphatic carbocycles. The Morgan fingerprint density at radius 1 is 0.893 bits per heavy atom. The number of benzene rings is 3. The zero-order chi connectivity index (χ0) is 19.7. The molecule has 0 fully saturated rings. The predicted molar refractivity (Wildman–Crippen MR) is 108 cm³/mol. The van der Waals surface area contributed by atoms with Gasteiger partial charge in [0.05, 0.1) is 5.75 Å². The van der Waals surface area contributed by atoms with Crippen molar-refractivity contribution < 1.29 is 17.9 Å². The molecular weight excluding hydrogens is 372 g/mol. The number of rotatable bonds is 4. The lowest BCUT2D eigenvalue weighted by Gasteiger charge is -2.32. The van der Waals surface area contributed by atoms with Crippen LogP contribution in [0.4, 0.5) is 0 Å². The highest BCUT2D eigenvalue weighted by Crippen LogP contribution is 2.42. The van der Waals surface area contributed by atoms with E-state index in [2.05, 4.69) is 0 Å². The number of fused-ring (bicyclic) bond motifs is 1. The van der Waals surface area contributed by atoms with E-state index in [1.54, 1.807) is 30.3 Å². The maximum atomic E-state index is 13.3. The van der Waals surface area contributed by atoms with Gasteiger partial charge in [0.1, 0.15) is 5.75 Å². The number of carbonyl (C=O) groups is 1.